The summed E-state index contributed by atoms with van der Waals surface area (Å²) in [6.07, 6.45) is 2.36. The Morgan fingerprint density at radius 2 is 1.60 bits per heavy atom. The van der Waals surface area contributed by atoms with Crippen molar-refractivity contribution >= 4 is 11.6 Å². The Hall–Kier alpha value is -1.32. The number of nitrogens with one attached hydrogen (secondary N) is 2. The van der Waals surface area contributed by atoms with E-state index in [0.717, 1.165) is 30.5 Å². The molecular formula is C11H16N4. The first-order chi connectivity index (χ1) is 7.19. The number of nitrogens with zero attached hydrogens (tertiary/aromatic N) is 2. The highest BCUT2D eigenvalue weighted by Crippen LogP contribution is 2.44. The fraction of sp³-hybridized carbons (Fsp3) is 0.636. The number of rotatable bonds is 0. The van der Waals surface area contributed by atoms with Gasteiger partial charge in [0, 0.05) is 24.1 Å². The van der Waals surface area contributed by atoms with E-state index in [1.165, 1.54) is 18.4 Å². The van der Waals surface area contributed by atoms with E-state index >= 15 is 0 Å². The van der Waals surface area contributed by atoms with Gasteiger partial charge in [-0.05, 0) is 19.8 Å². The molecule has 80 valence electrons. The van der Waals surface area contributed by atoms with E-state index < -0.39 is 0 Å². The van der Waals surface area contributed by atoms with Crippen molar-refractivity contribution in [1.82, 2.24) is 9.97 Å². The summed E-state index contributed by atoms with van der Waals surface area (Å²) in [6.45, 7) is 6.33. The molecule has 0 amide bonds. The monoisotopic (exact) mass is 204 g/mol. The van der Waals surface area contributed by atoms with Crippen LogP contribution in [0.3, 0.4) is 0 Å². The zero-order valence-corrected chi connectivity index (χ0v) is 9.22. The lowest BCUT2D eigenvalue weighted by Gasteiger charge is -2.40. The van der Waals surface area contributed by atoms with Gasteiger partial charge in [-0.1, -0.05) is 6.92 Å². The van der Waals surface area contributed by atoms with E-state index in [4.69, 9.17) is 0 Å². The first-order valence-corrected chi connectivity index (χ1v) is 5.56. The van der Waals surface area contributed by atoms with Crippen molar-refractivity contribution in [2.75, 3.05) is 23.7 Å². The van der Waals surface area contributed by atoms with Crippen molar-refractivity contribution in [2.45, 2.75) is 32.1 Å². The second kappa shape index (κ2) is 2.84. The largest absolute Gasteiger partial charge is 0.370 e. The SMILES string of the molecule is Cc1nc2c3c(n1)NCCC3(C)CCN2. The Balaban J connectivity index is 2.26. The van der Waals surface area contributed by atoms with Gasteiger partial charge >= 0.3 is 0 Å². The summed E-state index contributed by atoms with van der Waals surface area (Å²) in [4.78, 5) is 8.98. The number of anilines is 2. The van der Waals surface area contributed by atoms with E-state index in [1.807, 2.05) is 6.92 Å². The molecule has 3 rings (SSSR count). The molecule has 3 heterocycles. The Morgan fingerprint density at radius 3 is 2.13 bits per heavy atom. The van der Waals surface area contributed by atoms with Crippen molar-refractivity contribution in [3.05, 3.63) is 11.4 Å². The van der Waals surface area contributed by atoms with Crippen LogP contribution in [-0.4, -0.2) is 23.1 Å². The smallest absolute Gasteiger partial charge is 0.135 e. The lowest BCUT2D eigenvalue weighted by Crippen LogP contribution is -2.38. The molecule has 2 aliphatic heterocycles. The van der Waals surface area contributed by atoms with Crippen molar-refractivity contribution in [1.29, 1.82) is 0 Å². The molecule has 2 N–H and O–H groups in total. The zero-order valence-electron chi connectivity index (χ0n) is 9.22. The van der Waals surface area contributed by atoms with Gasteiger partial charge in [0.15, 0.2) is 0 Å². The molecule has 15 heavy (non-hydrogen) atoms. The van der Waals surface area contributed by atoms with Crippen molar-refractivity contribution in [2.24, 2.45) is 0 Å². The molecule has 0 unspecified atom stereocenters. The summed E-state index contributed by atoms with van der Waals surface area (Å²) in [7, 11) is 0. The molecule has 0 saturated heterocycles. The van der Waals surface area contributed by atoms with Crippen LogP contribution in [0.15, 0.2) is 0 Å². The summed E-state index contributed by atoms with van der Waals surface area (Å²) < 4.78 is 0. The lowest BCUT2D eigenvalue weighted by atomic mass is 9.73. The summed E-state index contributed by atoms with van der Waals surface area (Å²) in [5, 5.41) is 6.75. The van der Waals surface area contributed by atoms with Gasteiger partial charge in [0.25, 0.3) is 0 Å². The number of aryl methyl sites for hydroxylation is 1. The van der Waals surface area contributed by atoms with Crippen LogP contribution in [-0.2, 0) is 5.41 Å². The molecule has 0 atom stereocenters. The lowest BCUT2D eigenvalue weighted by molar-refractivity contribution is 0.399. The summed E-state index contributed by atoms with van der Waals surface area (Å²) in [6, 6.07) is 0. The molecular weight excluding hydrogens is 188 g/mol. The third kappa shape index (κ3) is 1.20. The quantitative estimate of drug-likeness (QED) is 0.675. The van der Waals surface area contributed by atoms with Crippen LogP contribution in [0.5, 0.6) is 0 Å². The van der Waals surface area contributed by atoms with Crippen LogP contribution < -0.4 is 10.6 Å². The Labute approximate surface area is 89.5 Å². The topological polar surface area (TPSA) is 49.8 Å². The van der Waals surface area contributed by atoms with E-state index in [0.29, 0.717) is 0 Å². The van der Waals surface area contributed by atoms with Crippen LogP contribution in [0.25, 0.3) is 0 Å². The maximum atomic E-state index is 4.49. The molecule has 2 aliphatic rings. The molecule has 0 aliphatic carbocycles. The Morgan fingerprint density at radius 1 is 1.07 bits per heavy atom. The van der Waals surface area contributed by atoms with Gasteiger partial charge in [0.2, 0.25) is 0 Å². The first kappa shape index (κ1) is 8.95. The molecule has 4 heteroatoms. The van der Waals surface area contributed by atoms with E-state index in [2.05, 4.69) is 27.5 Å². The predicted octanol–water partition coefficient (Wildman–Crippen LogP) is 1.67. The molecule has 0 aromatic carbocycles. The van der Waals surface area contributed by atoms with Crippen LogP contribution in [0.4, 0.5) is 11.6 Å². The van der Waals surface area contributed by atoms with Gasteiger partial charge in [-0.3, -0.25) is 0 Å². The van der Waals surface area contributed by atoms with Gasteiger partial charge in [0.1, 0.15) is 17.5 Å². The molecule has 0 radical (unpaired) electrons. The predicted molar refractivity (Wildman–Crippen MR) is 60.3 cm³/mol. The molecule has 0 bridgehead atoms. The van der Waals surface area contributed by atoms with E-state index in [1.54, 1.807) is 0 Å². The highest BCUT2D eigenvalue weighted by molar-refractivity contribution is 5.64. The maximum Gasteiger partial charge on any atom is 0.135 e. The van der Waals surface area contributed by atoms with Crippen molar-refractivity contribution in [3.63, 3.8) is 0 Å². The third-order valence-electron chi connectivity index (χ3n) is 3.56. The summed E-state index contributed by atoms with van der Waals surface area (Å²) >= 11 is 0. The fourth-order valence-electron chi connectivity index (χ4n) is 2.69. The maximum absolute atomic E-state index is 4.49. The first-order valence-electron chi connectivity index (χ1n) is 5.56. The minimum absolute atomic E-state index is 0.273. The number of hydrogen-bond donors (Lipinski definition) is 2. The molecule has 0 spiro atoms. The van der Waals surface area contributed by atoms with Crippen molar-refractivity contribution in [3.8, 4) is 0 Å². The molecule has 4 nitrogen and oxygen atoms in total. The molecule has 0 saturated carbocycles. The highest BCUT2D eigenvalue weighted by Gasteiger charge is 2.38. The van der Waals surface area contributed by atoms with Gasteiger partial charge in [-0.25, -0.2) is 9.97 Å². The second-order valence-corrected chi connectivity index (χ2v) is 4.76. The highest BCUT2D eigenvalue weighted by atomic mass is 15.1. The third-order valence-corrected chi connectivity index (χ3v) is 3.56. The zero-order chi connectivity index (χ0) is 10.5. The van der Waals surface area contributed by atoms with Gasteiger partial charge < -0.3 is 10.6 Å². The Kier molecular flexibility index (Phi) is 1.69. The van der Waals surface area contributed by atoms with Crippen LogP contribution in [0.1, 0.15) is 31.2 Å². The van der Waals surface area contributed by atoms with Crippen molar-refractivity contribution < 1.29 is 0 Å². The Bertz CT molecular complexity index is 382. The van der Waals surface area contributed by atoms with Gasteiger partial charge in [-0.2, -0.15) is 0 Å². The van der Waals surface area contributed by atoms with Crippen LogP contribution in [0, 0.1) is 6.92 Å². The summed E-state index contributed by atoms with van der Waals surface area (Å²) in [5.41, 5.74) is 1.57. The number of aromatic nitrogens is 2. The minimum Gasteiger partial charge on any atom is -0.370 e. The normalized spacial score (nSPS) is 21.2. The van der Waals surface area contributed by atoms with E-state index in [-0.39, 0.29) is 5.41 Å². The average molecular weight is 204 g/mol. The van der Waals surface area contributed by atoms with Crippen LogP contribution in [0.2, 0.25) is 0 Å². The van der Waals surface area contributed by atoms with Crippen LogP contribution >= 0.6 is 0 Å². The van der Waals surface area contributed by atoms with Gasteiger partial charge in [-0.15, -0.1) is 0 Å². The standard InChI is InChI=1S/C11H16N4/c1-7-14-9-8-10(15-7)13-6-4-11(8,2)3-5-12-9/h3-6H2,1-2H3,(H2,12,13,14,15). The van der Waals surface area contributed by atoms with E-state index in [9.17, 15) is 0 Å². The summed E-state index contributed by atoms with van der Waals surface area (Å²) in [5.74, 6) is 2.92. The number of hydrogen-bond acceptors (Lipinski definition) is 4. The molecule has 1 aromatic rings. The molecule has 0 fully saturated rings. The minimum atomic E-state index is 0.273. The second-order valence-electron chi connectivity index (χ2n) is 4.76. The van der Waals surface area contributed by atoms with Gasteiger partial charge in [0.05, 0.1) is 0 Å². The fourth-order valence-corrected chi connectivity index (χ4v) is 2.69. The molecule has 1 aromatic heterocycles. The average Bonchev–Trinajstić information content (AvgIpc) is 2.16.